The van der Waals surface area contributed by atoms with Gasteiger partial charge in [-0.1, -0.05) is 38.3 Å². The van der Waals surface area contributed by atoms with Crippen LogP contribution in [0.4, 0.5) is 10.2 Å². The SMILES string of the molecule is CCCCCC(=O)OC12C(F)C(n3ccc(N)nc3=O)OC1(Cl)C2OC(=O)CC. The molecule has 29 heavy (non-hydrogen) atoms. The predicted molar refractivity (Wildman–Crippen MR) is 99.6 cm³/mol. The Hall–Kier alpha value is -2.20. The summed E-state index contributed by atoms with van der Waals surface area (Å²) in [6, 6.07) is 1.29. The van der Waals surface area contributed by atoms with E-state index in [2.05, 4.69) is 4.98 Å². The standard InChI is InChI=1S/C18H23ClFN3O6/c1-3-5-6-7-12(25)28-17-13(20)14(23-9-8-10(21)22-16(23)26)29-18(17,19)15(17)27-11(24)4-2/h8-9,13-15H,3-7H2,1-2H3,(H2,21,22,26). The molecule has 5 atom stereocenters. The first kappa shape index (κ1) is 21.5. The number of fused-ring (bicyclic) bond motifs is 1. The molecule has 1 aromatic rings. The van der Waals surface area contributed by atoms with E-state index in [1.54, 1.807) is 6.92 Å². The number of hydrogen-bond donors (Lipinski definition) is 1. The summed E-state index contributed by atoms with van der Waals surface area (Å²) in [4.78, 5) is 39.7. The van der Waals surface area contributed by atoms with Crippen LogP contribution in [0.25, 0.3) is 0 Å². The maximum Gasteiger partial charge on any atom is 0.351 e. The molecule has 0 radical (unpaired) electrons. The van der Waals surface area contributed by atoms with E-state index in [-0.39, 0.29) is 18.7 Å². The second kappa shape index (κ2) is 7.91. The first-order valence-corrected chi connectivity index (χ1v) is 9.85. The lowest BCUT2D eigenvalue weighted by atomic mass is 10.1. The molecule has 0 bridgehead atoms. The van der Waals surface area contributed by atoms with Gasteiger partial charge in [0.15, 0.2) is 18.5 Å². The zero-order chi connectivity index (χ0) is 21.4. The molecule has 160 valence electrons. The highest BCUT2D eigenvalue weighted by Gasteiger charge is 2.94. The van der Waals surface area contributed by atoms with Crippen LogP contribution in [-0.4, -0.2) is 44.4 Å². The lowest BCUT2D eigenvalue weighted by Crippen LogP contribution is -2.41. The van der Waals surface area contributed by atoms with Crippen molar-refractivity contribution in [2.24, 2.45) is 0 Å². The molecule has 3 rings (SSSR count). The van der Waals surface area contributed by atoms with Crippen molar-refractivity contribution in [1.29, 1.82) is 0 Å². The van der Waals surface area contributed by atoms with Crippen LogP contribution in [0.1, 0.15) is 52.2 Å². The summed E-state index contributed by atoms with van der Waals surface area (Å²) < 4.78 is 32.5. The minimum Gasteiger partial charge on any atom is -0.453 e. The van der Waals surface area contributed by atoms with Gasteiger partial charge >= 0.3 is 17.6 Å². The van der Waals surface area contributed by atoms with E-state index < -0.39 is 46.8 Å². The summed E-state index contributed by atoms with van der Waals surface area (Å²) in [5.41, 5.74) is 2.55. The number of carbonyl (C=O) groups is 2. The van der Waals surface area contributed by atoms with Crippen molar-refractivity contribution in [2.75, 3.05) is 5.73 Å². The number of nitrogen functional groups attached to an aromatic ring is 1. The number of aromatic nitrogens is 2. The third-order valence-corrected chi connectivity index (χ3v) is 5.64. The molecular formula is C18H23ClFN3O6. The normalized spacial score (nSPS) is 32.5. The Balaban J connectivity index is 1.88. The Kier molecular flexibility index (Phi) is 5.86. The summed E-state index contributed by atoms with van der Waals surface area (Å²) in [5.74, 6) is -1.38. The van der Waals surface area contributed by atoms with Crippen molar-refractivity contribution >= 4 is 29.4 Å². The van der Waals surface area contributed by atoms with Crippen LogP contribution in [0, 0.1) is 0 Å². The molecule has 11 heteroatoms. The van der Waals surface area contributed by atoms with Gasteiger partial charge in [-0.05, 0) is 12.5 Å². The number of ether oxygens (including phenoxy) is 3. The van der Waals surface area contributed by atoms with Crippen molar-refractivity contribution in [3.05, 3.63) is 22.7 Å². The molecular weight excluding hydrogens is 409 g/mol. The van der Waals surface area contributed by atoms with Gasteiger partial charge in [-0.3, -0.25) is 14.2 Å². The largest absolute Gasteiger partial charge is 0.453 e. The minimum absolute atomic E-state index is 0.0196. The fourth-order valence-corrected chi connectivity index (χ4v) is 3.93. The topological polar surface area (TPSA) is 123 Å². The summed E-state index contributed by atoms with van der Waals surface area (Å²) in [7, 11) is 0. The van der Waals surface area contributed by atoms with Gasteiger partial charge in [-0.25, -0.2) is 9.18 Å². The van der Waals surface area contributed by atoms with E-state index in [9.17, 15) is 14.4 Å². The highest BCUT2D eigenvalue weighted by atomic mass is 35.5. The van der Waals surface area contributed by atoms with Crippen LogP contribution in [0.5, 0.6) is 0 Å². The molecule has 2 heterocycles. The van der Waals surface area contributed by atoms with E-state index in [4.69, 9.17) is 31.5 Å². The Morgan fingerprint density at radius 3 is 2.72 bits per heavy atom. The van der Waals surface area contributed by atoms with Gasteiger partial charge in [-0.2, -0.15) is 4.98 Å². The molecule has 2 N–H and O–H groups in total. The first-order chi connectivity index (χ1) is 13.7. The zero-order valence-electron chi connectivity index (χ0n) is 16.1. The third-order valence-electron chi connectivity index (χ3n) is 5.06. The van der Waals surface area contributed by atoms with Crippen LogP contribution < -0.4 is 11.4 Å². The molecule has 1 saturated heterocycles. The van der Waals surface area contributed by atoms with Crippen LogP contribution in [0.3, 0.4) is 0 Å². The maximum atomic E-state index is 15.5. The second-order valence-electron chi connectivity index (χ2n) is 7.05. The molecule has 2 fully saturated rings. The van der Waals surface area contributed by atoms with E-state index in [1.807, 2.05) is 6.92 Å². The molecule has 9 nitrogen and oxygen atoms in total. The van der Waals surface area contributed by atoms with Gasteiger partial charge in [-0.15, -0.1) is 0 Å². The molecule has 5 unspecified atom stereocenters. The van der Waals surface area contributed by atoms with Gasteiger partial charge in [0.1, 0.15) is 5.82 Å². The quantitative estimate of drug-likeness (QED) is 0.375. The summed E-state index contributed by atoms with van der Waals surface area (Å²) in [6.45, 7) is 3.53. The van der Waals surface area contributed by atoms with Crippen molar-refractivity contribution in [3.8, 4) is 0 Å². The Morgan fingerprint density at radius 2 is 2.10 bits per heavy atom. The number of alkyl halides is 2. The number of esters is 2. The maximum absolute atomic E-state index is 15.5. The van der Waals surface area contributed by atoms with Crippen LogP contribution in [-0.2, 0) is 23.8 Å². The first-order valence-electron chi connectivity index (χ1n) is 9.48. The number of rotatable bonds is 8. The molecule has 1 aliphatic heterocycles. The highest BCUT2D eigenvalue weighted by Crippen LogP contribution is 2.69. The van der Waals surface area contributed by atoms with Crippen molar-refractivity contribution in [2.45, 2.75) is 75.1 Å². The zero-order valence-corrected chi connectivity index (χ0v) is 16.9. The molecule has 0 spiro atoms. The summed E-state index contributed by atoms with van der Waals surface area (Å²) in [5, 5.41) is -1.94. The number of anilines is 1. The molecule has 1 saturated carbocycles. The van der Waals surface area contributed by atoms with E-state index in [0.29, 0.717) is 6.42 Å². The number of nitrogens with zero attached hydrogens (tertiary/aromatic N) is 2. The monoisotopic (exact) mass is 431 g/mol. The number of unbranched alkanes of at least 4 members (excludes halogenated alkanes) is 2. The summed E-state index contributed by atoms with van der Waals surface area (Å²) >= 11 is 6.42. The Labute approximate surface area is 171 Å². The smallest absolute Gasteiger partial charge is 0.351 e. The Bertz CT molecular complexity index is 866. The fourth-order valence-electron chi connectivity index (χ4n) is 3.45. The fraction of sp³-hybridized carbons (Fsp3) is 0.667. The van der Waals surface area contributed by atoms with Crippen LogP contribution in [0.2, 0.25) is 0 Å². The molecule has 1 aromatic heterocycles. The van der Waals surface area contributed by atoms with Gasteiger partial charge in [0.05, 0.1) is 0 Å². The molecule has 0 aromatic carbocycles. The third kappa shape index (κ3) is 3.48. The lowest BCUT2D eigenvalue weighted by molar-refractivity contribution is -0.167. The van der Waals surface area contributed by atoms with Crippen LogP contribution in [0.15, 0.2) is 17.1 Å². The van der Waals surface area contributed by atoms with Gasteiger partial charge < -0.3 is 19.9 Å². The minimum atomic E-state index is -2.08. The van der Waals surface area contributed by atoms with Gasteiger partial charge in [0.2, 0.25) is 10.7 Å². The van der Waals surface area contributed by atoms with Gasteiger partial charge in [0, 0.05) is 19.0 Å². The Morgan fingerprint density at radius 1 is 1.38 bits per heavy atom. The van der Waals surface area contributed by atoms with E-state index >= 15 is 4.39 Å². The van der Waals surface area contributed by atoms with Crippen molar-refractivity contribution in [3.63, 3.8) is 0 Å². The lowest BCUT2D eigenvalue weighted by Gasteiger charge is -2.24. The highest BCUT2D eigenvalue weighted by molar-refractivity contribution is 6.28. The van der Waals surface area contributed by atoms with Gasteiger partial charge in [0.25, 0.3) is 0 Å². The number of nitrogens with two attached hydrogens (primary N) is 1. The van der Waals surface area contributed by atoms with E-state index in [1.165, 1.54) is 12.3 Å². The van der Waals surface area contributed by atoms with Crippen molar-refractivity contribution in [1.82, 2.24) is 9.55 Å². The molecule has 1 aliphatic carbocycles. The molecule has 2 aliphatic rings. The average Bonchev–Trinajstić information content (AvgIpc) is 3.06. The van der Waals surface area contributed by atoms with Crippen molar-refractivity contribution < 1.29 is 28.2 Å². The molecule has 0 amide bonds. The van der Waals surface area contributed by atoms with E-state index in [0.717, 1.165) is 17.4 Å². The van der Waals surface area contributed by atoms with Crippen LogP contribution >= 0.6 is 11.6 Å². The number of halogens is 2. The second-order valence-corrected chi connectivity index (χ2v) is 7.61. The summed E-state index contributed by atoms with van der Waals surface area (Å²) in [6.07, 6.45) is -1.40. The predicted octanol–water partition coefficient (Wildman–Crippen LogP) is 1.83. The average molecular weight is 432 g/mol. The number of carbonyl (C=O) groups excluding carboxylic acids is 2. The number of hydrogen-bond acceptors (Lipinski definition) is 8.